The Kier molecular flexibility index (Phi) is 4.91. The van der Waals surface area contributed by atoms with E-state index in [4.69, 9.17) is 11.6 Å². The summed E-state index contributed by atoms with van der Waals surface area (Å²) in [4.78, 5) is 14.5. The average molecular weight is 331 g/mol. The van der Waals surface area contributed by atoms with Crippen molar-refractivity contribution in [3.8, 4) is 0 Å². The molecule has 2 rings (SSSR count). The summed E-state index contributed by atoms with van der Waals surface area (Å²) in [6.07, 6.45) is 0. The van der Waals surface area contributed by atoms with Crippen molar-refractivity contribution in [3.63, 3.8) is 0 Å². The zero-order chi connectivity index (χ0) is 15.6. The van der Waals surface area contributed by atoms with Gasteiger partial charge in [0.05, 0.1) is 21.2 Å². The van der Waals surface area contributed by atoms with Crippen molar-refractivity contribution in [2.45, 2.75) is 24.8 Å². The molecule has 21 heavy (non-hydrogen) atoms. The average Bonchev–Trinajstić information content (AvgIpc) is 2.47. The molecule has 0 bridgehead atoms. The van der Waals surface area contributed by atoms with E-state index in [-0.39, 0.29) is 33.2 Å². The lowest BCUT2D eigenvalue weighted by molar-refractivity contribution is 0.0655. The maximum atomic E-state index is 12.6. The number of piperazine rings is 1. The lowest BCUT2D eigenvalue weighted by atomic mass is 10.1. The van der Waals surface area contributed by atoms with Crippen LogP contribution in [0.25, 0.3) is 0 Å². The predicted octanol–water partition coefficient (Wildman–Crippen LogP) is 1.57. The molecule has 0 unspecified atom stereocenters. The Balaban J connectivity index is 2.39. The van der Waals surface area contributed by atoms with Gasteiger partial charge in [0.25, 0.3) is 5.91 Å². The highest BCUT2D eigenvalue weighted by molar-refractivity contribution is 7.91. The molecule has 0 aliphatic carbocycles. The van der Waals surface area contributed by atoms with Gasteiger partial charge in [0.15, 0.2) is 9.84 Å². The van der Waals surface area contributed by atoms with Crippen LogP contribution in [-0.2, 0) is 9.84 Å². The number of carbonyl (C=O) groups excluding carboxylic acids is 1. The maximum Gasteiger partial charge on any atom is 0.255 e. The predicted molar refractivity (Wildman–Crippen MR) is 82.5 cm³/mol. The van der Waals surface area contributed by atoms with Crippen molar-refractivity contribution in [2.75, 3.05) is 25.4 Å². The molecule has 0 radical (unpaired) electrons. The monoisotopic (exact) mass is 330 g/mol. The normalized spacial score (nSPS) is 19.6. The molecule has 5 nitrogen and oxygen atoms in total. The van der Waals surface area contributed by atoms with Gasteiger partial charge in [-0.2, -0.15) is 0 Å². The topological polar surface area (TPSA) is 66.5 Å². The van der Waals surface area contributed by atoms with Crippen molar-refractivity contribution >= 4 is 27.3 Å². The van der Waals surface area contributed by atoms with Crippen LogP contribution >= 0.6 is 11.6 Å². The van der Waals surface area contributed by atoms with E-state index in [2.05, 4.69) is 5.32 Å². The summed E-state index contributed by atoms with van der Waals surface area (Å²) in [6.45, 7) is 5.55. The van der Waals surface area contributed by atoms with Gasteiger partial charge in [-0.05, 0) is 25.1 Å². The molecule has 1 saturated heterocycles. The first-order valence-electron chi connectivity index (χ1n) is 6.91. The molecular weight excluding hydrogens is 312 g/mol. The van der Waals surface area contributed by atoms with E-state index in [1.807, 2.05) is 6.92 Å². The highest BCUT2D eigenvalue weighted by Crippen LogP contribution is 2.23. The smallest absolute Gasteiger partial charge is 0.255 e. The third-order valence-electron chi connectivity index (χ3n) is 3.67. The summed E-state index contributed by atoms with van der Waals surface area (Å²) >= 11 is 6.09. The Hall–Kier alpha value is -1.11. The van der Waals surface area contributed by atoms with Crippen LogP contribution < -0.4 is 5.32 Å². The Bertz CT molecular complexity index is 646. The van der Waals surface area contributed by atoms with Crippen LogP contribution in [0.5, 0.6) is 0 Å². The Morgan fingerprint density at radius 3 is 2.81 bits per heavy atom. The van der Waals surface area contributed by atoms with Crippen molar-refractivity contribution in [1.29, 1.82) is 0 Å². The molecule has 0 spiro atoms. The van der Waals surface area contributed by atoms with E-state index in [1.54, 1.807) is 11.8 Å². The summed E-state index contributed by atoms with van der Waals surface area (Å²) in [5, 5.41) is 3.49. The number of halogens is 1. The summed E-state index contributed by atoms with van der Waals surface area (Å²) in [7, 11) is -3.36. The second kappa shape index (κ2) is 6.34. The fourth-order valence-corrected chi connectivity index (χ4v) is 3.43. The molecule has 1 amide bonds. The summed E-state index contributed by atoms with van der Waals surface area (Å²) in [5.74, 6) is -0.228. The van der Waals surface area contributed by atoms with Gasteiger partial charge in [-0.3, -0.25) is 4.79 Å². The lowest BCUT2D eigenvalue weighted by Gasteiger charge is -2.34. The standard InChI is InChI=1S/C14H19ClN2O3S/c1-3-21(19,20)11-4-5-13(15)12(8-11)14(18)17-7-6-16-9-10(17)2/h4-5,8,10,16H,3,6-7,9H2,1-2H3/t10-/m1/s1. The van der Waals surface area contributed by atoms with E-state index in [0.29, 0.717) is 6.54 Å². The van der Waals surface area contributed by atoms with Gasteiger partial charge in [0, 0.05) is 25.7 Å². The molecule has 1 N–H and O–H groups in total. The van der Waals surface area contributed by atoms with Crippen LogP contribution in [0.15, 0.2) is 23.1 Å². The van der Waals surface area contributed by atoms with E-state index < -0.39 is 9.84 Å². The van der Waals surface area contributed by atoms with Crippen molar-refractivity contribution in [3.05, 3.63) is 28.8 Å². The minimum Gasteiger partial charge on any atom is -0.333 e. The zero-order valence-electron chi connectivity index (χ0n) is 12.1. The molecule has 1 heterocycles. The van der Waals surface area contributed by atoms with E-state index in [0.717, 1.165) is 13.1 Å². The van der Waals surface area contributed by atoms with E-state index >= 15 is 0 Å². The van der Waals surface area contributed by atoms with Crippen LogP contribution in [-0.4, -0.2) is 50.7 Å². The van der Waals surface area contributed by atoms with Crippen molar-refractivity contribution in [1.82, 2.24) is 10.2 Å². The SMILES string of the molecule is CCS(=O)(=O)c1ccc(Cl)c(C(=O)N2CCNC[C@H]2C)c1. The third kappa shape index (κ3) is 3.39. The number of rotatable bonds is 3. The maximum absolute atomic E-state index is 12.6. The summed E-state index contributed by atoms with van der Waals surface area (Å²) in [5.41, 5.74) is 0.250. The molecular formula is C14H19ClN2O3S. The quantitative estimate of drug-likeness (QED) is 0.913. The van der Waals surface area contributed by atoms with Crippen molar-refractivity contribution in [2.24, 2.45) is 0 Å². The van der Waals surface area contributed by atoms with E-state index in [9.17, 15) is 13.2 Å². The van der Waals surface area contributed by atoms with Crippen molar-refractivity contribution < 1.29 is 13.2 Å². The highest BCUT2D eigenvalue weighted by atomic mass is 35.5. The minimum absolute atomic E-state index is 0.00764. The fraction of sp³-hybridized carbons (Fsp3) is 0.500. The van der Waals surface area contributed by atoms with Crippen LogP contribution in [0.2, 0.25) is 5.02 Å². The number of amides is 1. The first-order chi connectivity index (χ1) is 9.86. The molecule has 1 atom stereocenters. The van der Waals surface area contributed by atoms with Gasteiger partial charge in [-0.1, -0.05) is 18.5 Å². The number of hydrogen-bond donors (Lipinski definition) is 1. The van der Waals surface area contributed by atoms with Crippen LogP contribution in [0, 0.1) is 0 Å². The third-order valence-corrected chi connectivity index (χ3v) is 5.73. The number of carbonyl (C=O) groups is 1. The second-order valence-electron chi connectivity index (χ2n) is 5.10. The largest absolute Gasteiger partial charge is 0.333 e. The number of nitrogens with one attached hydrogen (secondary N) is 1. The van der Waals surface area contributed by atoms with Gasteiger partial charge < -0.3 is 10.2 Å². The van der Waals surface area contributed by atoms with E-state index in [1.165, 1.54) is 18.2 Å². The number of nitrogens with zero attached hydrogens (tertiary/aromatic N) is 1. The molecule has 7 heteroatoms. The highest BCUT2D eigenvalue weighted by Gasteiger charge is 2.26. The molecule has 116 valence electrons. The number of benzene rings is 1. The number of sulfone groups is 1. The molecule has 1 aromatic rings. The minimum atomic E-state index is -3.36. The molecule has 1 aromatic carbocycles. The first kappa shape index (κ1) is 16.3. The van der Waals surface area contributed by atoms with Crippen LogP contribution in [0.4, 0.5) is 0 Å². The van der Waals surface area contributed by atoms with Crippen LogP contribution in [0.1, 0.15) is 24.2 Å². The summed E-state index contributed by atoms with van der Waals surface area (Å²) in [6, 6.07) is 4.36. The zero-order valence-corrected chi connectivity index (χ0v) is 13.7. The lowest BCUT2D eigenvalue weighted by Crippen LogP contribution is -2.52. The summed E-state index contributed by atoms with van der Waals surface area (Å²) < 4.78 is 23.9. The van der Waals surface area contributed by atoms with Gasteiger partial charge in [-0.15, -0.1) is 0 Å². The molecule has 1 aliphatic rings. The van der Waals surface area contributed by atoms with Gasteiger partial charge in [0.2, 0.25) is 0 Å². The number of hydrogen-bond acceptors (Lipinski definition) is 4. The second-order valence-corrected chi connectivity index (χ2v) is 7.78. The van der Waals surface area contributed by atoms with Gasteiger partial charge in [0.1, 0.15) is 0 Å². The fourth-order valence-electron chi connectivity index (χ4n) is 2.33. The molecule has 0 saturated carbocycles. The molecule has 0 aromatic heterocycles. The Labute approximate surface area is 130 Å². The van der Waals surface area contributed by atoms with Gasteiger partial charge >= 0.3 is 0 Å². The molecule has 1 aliphatic heterocycles. The Morgan fingerprint density at radius 1 is 1.48 bits per heavy atom. The van der Waals surface area contributed by atoms with Gasteiger partial charge in [-0.25, -0.2) is 8.42 Å². The first-order valence-corrected chi connectivity index (χ1v) is 8.94. The van der Waals surface area contributed by atoms with Crippen LogP contribution in [0.3, 0.4) is 0 Å². The Morgan fingerprint density at radius 2 is 2.19 bits per heavy atom. The molecule has 1 fully saturated rings.